The molecule has 106 valence electrons. The average molecular weight is 343 g/mol. The van der Waals surface area contributed by atoms with Crippen molar-refractivity contribution in [3.05, 3.63) is 34.3 Å². The maximum absolute atomic E-state index is 6.05. The van der Waals surface area contributed by atoms with E-state index in [9.17, 15) is 0 Å². The number of halogens is 1. The lowest BCUT2D eigenvalue weighted by atomic mass is 10.0. The lowest BCUT2D eigenvalue weighted by Gasteiger charge is -2.31. The number of hydrogen-bond acceptors (Lipinski definition) is 3. The number of thioether (sulfide) groups is 1. The monoisotopic (exact) mass is 342 g/mol. The topological polar surface area (TPSA) is 29.3 Å². The summed E-state index contributed by atoms with van der Waals surface area (Å²) >= 11 is 5.74. The largest absolute Gasteiger partial charge is 0.329 e. The van der Waals surface area contributed by atoms with Gasteiger partial charge >= 0.3 is 0 Å². The zero-order valence-electron chi connectivity index (χ0n) is 11.7. The van der Waals surface area contributed by atoms with Crippen molar-refractivity contribution in [2.24, 2.45) is 5.73 Å². The Morgan fingerprint density at radius 1 is 1.37 bits per heavy atom. The van der Waals surface area contributed by atoms with Crippen LogP contribution in [-0.2, 0) is 0 Å². The van der Waals surface area contributed by atoms with Crippen LogP contribution in [0, 0.1) is 0 Å². The van der Waals surface area contributed by atoms with Crippen molar-refractivity contribution < 1.29 is 0 Å². The molecule has 0 radical (unpaired) electrons. The molecular weight excluding hydrogens is 320 g/mol. The number of rotatable bonds is 3. The molecular formula is C15H23BrN2S. The molecule has 1 unspecified atom stereocenters. The first-order valence-electron chi connectivity index (χ1n) is 6.86. The van der Waals surface area contributed by atoms with Gasteiger partial charge in [0.05, 0.1) is 0 Å². The standard InChI is InChI=1S/C15H23BrN2S/c1-15(2)7-8-18(9-10-19-15)14(11-17)12-5-3-4-6-13(12)16/h3-6,14H,7-11,17H2,1-2H3. The van der Waals surface area contributed by atoms with Gasteiger partial charge in [0.15, 0.2) is 0 Å². The van der Waals surface area contributed by atoms with E-state index in [4.69, 9.17) is 5.73 Å². The summed E-state index contributed by atoms with van der Waals surface area (Å²) in [5.41, 5.74) is 7.37. The lowest BCUT2D eigenvalue weighted by Crippen LogP contribution is -2.36. The summed E-state index contributed by atoms with van der Waals surface area (Å²) in [7, 11) is 0. The van der Waals surface area contributed by atoms with Crippen LogP contribution in [0.3, 0.4) is 0 Å². The fourth-order valence-corrected chi connectivity index (χ4v) is 4.23. The summed E-state index contributed by atoms with van der Waals surface area (Å²) in [6.45, 7) is 7.61. The highest BCUT2D eigenvalue weighted by molar-refractivity contribution is 9.10. The van der Waals surface area contributed by atoms with Gasteiger partial charge in [0.1, 0.15) is 0 Å². The molecule has 0 spiro atoms. The third kappa shape index (κ3) is 3.97. The molecule has 2 nitrogen and oxygen atoms in total. The Morgan fingerprint density at radius 2 is 2.11 bits per heavy atom. The van der Waals surface area contributed by atoms with Crippen LogP contribution < -0.4 is 5.73 Å². The number of benzene rings is 1. The molecule has 0 saturated carbocycles. The van der Waals surface area contributed by atoms with Gasteiger partial charge in [-0.05, 0) is 18.1 Å². The molecule has 0 aliphatic carbocycles. The van der Waals surface area contributed by atoms with Gasteiger partial charge in [-0.3, -0.25) is 4.90 Å². The normalized spacial score (nSPS) is 21.9. The molecule has 1 fully saturated rings. The van der Waals surface area contributed by atoms with Crippen LogP contribution in [0.4, 0.5) is 0 Å². The maximum Gasteiger partial charge on any atom is 0.0481 e. The van der Waals surface area contributed by atoms with Gasteiger partial charge in [-0.2, -0.15) is 11.8 Å². The third-order valence-corrected chi connectivity index (χ3v) is 5.90. The summed E-state index contributed by atoms with van der Waals surface area (Å²) in [6.07, 6.45) is 1.22. The first-order valence-corrected chi connectivity index (χ1v) is 8.64. The van der Waals surface area contributed by atoms with Gasteiger partial charge < -0.3 is 5.73 Å². The zero-order valence-corrected chi connectivity index (χ0v) is 14.1. The predicted molar refractivity (Wildman–Crippen MR) is 88.7 cm³/mol. The fourth-order valence-electron chi connectivity index (χ4n) is 2.57. The summed E-state index contributed by atoms with van der Waals surface area (Å²) < 4.78 is 1.56. The van der Waals surface area contributed by atoms with Crippen molar-refractivity contribution in [2.45, 2.75) is 31.1 Å². The smallest absolute Gasteiger partial charge is 0.0481 e. The van der Waals surface area contributed by atoms with E-state index >= 15 is 0 Å². The second-order valence-corrected chi connectivity index (χ2v) is 8.32. The molecule has 0 bridgehead atoms. The lowest BCUT2D eigenvalue weighted by molar-refractivity contribution is 0.210. The Balaban J connectivity index is 2.16. The first-order chi connectivity index (χ1) is 9.03. The minimum absolute atomic E-state index is 0.324. The fraction of sp³-hybridized carbons (Fsp3) is 0.600. The molecule has 4 heteroatoms. The quantitative estimate of drug-likeness (QED) is 0.908. The van der Waals surface area contributed by atoms with Crippen LogP contribution in [0.25, 0.3) is 0 Å². The molecule has 0 amide bonds. The molecule has 0 aromatic heterocycles. The van der Waals surface area contributed by atoms with Crippen molar-refractivity contribution in [1.82, 2.24) is 4.90 Å². The second kappa shape index (κ2) is 6.61. The van der Waals surface area contributed by atoms with Crippen molar-refractivity contribution in [3.63, 3.8) is 0 Å². The molecule has 19 heavy (non-hydrogen) atoms. The highest BCUT2D eigenvalue weighted by Gasteiger charge is 2.28. The zero-order chi connectivity index (χ0) is 13.9. The molecule has 1 aromatic rings. The van der Waals surface area contributed by atoms with Gasteiger partial charge in [0.2, 0.25) is 0 Å². The van der Waals surface area contributed by atoms with E-state index in [1.54, 1.807) is 0 Å². The SMILES string of the molecule is CC1(C)CCN(C(CN)c2ccccc2Br)CCS1. The van der Waals surface area contributed by atoms with Crippen LogP contribution >= 0.6 is 27.7 Å². The molecule has 1 heterocycles. The Kier molecular flexibility index (Phi) is 5.35. The number of hydrogen-bond donors (Lipinski definition) is 1. The van der Waals surface area contributed by atoms with E-state index in [0.717, 1.165) is 13.1 Å². The molecule has 1 aromatic carbocycles. The van der Waals surface area contributed by atoms with Gasteiger partial charge in [-0.15, -0.1) is 0 Å². The Labute approximate surface area is 129 Å². The molecule has 1 atom stereocenters. The van der Waals surface area contributed by atoms with Crippen LogP contribution in [-0.4, -0.2) is 35.0 Å². The minimum Gasteiger partial charge on any atom is -0.329 e. The van der Waals surface area contributed by atoms with Crippen LogP contribution in [0.15, 0.2) is 28.7 Å². The van der Waals surface area contributed by atoms with E-state index in [0.29, 0.717) is 17.3 Å². The van der Waals surface area contributed by atoms with E-state index in [1.165, 1.54) is 22.2 Å². The van der Waals surface area contributed by atoms with E-state index in [-0.39, 0.29) is 0 Å². The van der Waals surface area contributed by atoms with Gasteiger partial charge in [0.25, 0.3) is 0 Å². The van der Waals surface area contributed by atoms with Crippen LogP contribution in [0.1, 0.15) is 31.9 Å². The second-order valence-electron chi connectivity index (χ2n) is 5.67. The molecule has 1 saturated heterocycles. The first kappa shape index (κ1) is 15.4. The summed E-state index contributed by atoms with van der Waals surface area (Å²) in [5, 5.41) is 0. The predicted octanol–water partition coefficient (Wildman–Crippen LogP) is 3.67. The molecule has 2 rings (SSSR count). The summed E-state index contributed by atoms with van der Waals surface area (Å²) in [6, 6.07) is 8.77. The van der Waals surface area contributed by atoms with Crippen LogP contribution in [0.2, 0.25) is 0 Å². The van der Waals surface area contributed by atoms with Gasteiger partial charge in [-0.25, -0.2) is 0 Å². The molecule has 1 aliphatic heterocycles. The molecule has 2 N–H and O–H groups in total. The Bertz CT molecular complexity index is 422. The van der Waals surface area contributed by atoms with Crippen molar-refractivity contribution in [2.75, 3.05) is 25.4 Å². The Hall–Kier alpha value is -0.0300. The number of nitrogens with two attached hydrogens (primary N) is 1. The highest BCUT2D eigenvalue weighted by atomic mass is 79.9. The Morgan fingerprint density at radius 3 is 2.79 bits per heavy atom. The minimum atomic E-state index is 0.324. The van der Waals surface area contributed by atoms with Crippen molar-refractivity contribution in [3.8, 4) is 0 Å². The van der Waals surface area contributed by atoms with Crippen molar-refractivity contribution in [1.29, 1.82) is 0 Å². The van der Waals surface area contributed by atoms with E-state index in [2.05, 4.69) is 70.7 Å². The third-order valence-electron chi connectivity index (χ3n) is 3.80. The average Bonchev–Trinajstić information content (AvgIpc) is 2.54. The van der Waals surface area contributed by atoms with Crippen LogP contribution in [0.5, 0.6) is 0 Å². The highest BCUT2D eigenvalue weighted by Crippen LogP contribution is 2.34. The number of nitrogens with zero attached hydrogens (tertiary/aromatic N) is 1. The van der Waals surface area contributed by atoms with Gasteiger partial charge in [-0.1, -0.05) is 48.0 Å². The summed E-state index contributed by atoms with van der Waals surface area (Å²) in [4.78, 5) is 2.54. The van der Waals surface area contributed by atoms with E-state index in [1.807, 2.05) is 0 Å². The van der Waals surface area contributed by atoms with E-state index < -0.39 is 0 Å². The van der Waals surface area contributed by atoms with Gasteiger partial charge in [0, 0.05) is 40.6 Å². The summed E-state index contributed by atoms with van der Waals surface area (Å²) in [5.74, 6) is 1.19. The van der Waals surface area contributed by atoms with Crippen molar-refractivity contribution >= 4 is 27.7 Å². The molecule has 1 aliphatic rings. The maximum atomic E-state index is 6.05.